The van der Waals surface area contributed by atoms with Gasteiger partial charge < -0.3 is 9.47 Å². The van der Waals surface area contributed by atoms with Gasteiger partial charge in [-0.1, -0.05) is 50.0 Å². The van der Waals surface area contributed by atoms with Crippen LogP contribution in [0, 0.1) is 10.1 Å². The van der Waals surface area contributed by atoms with Gasteiger partial charge >= 0.3 is 0 Å². The molecular weight excluding hydrogens is 448 g/mol. The van der Waals surface area contributed by atoms with E-state index in [1.165, 1.54) is 28.7 Å². The fraction of sp³-hybridized carbons (Fsp3) is 0.304. The van der Waals surface area contributed by atoms with Crippen LogP contribution < -0.4 is 9.47 Å². The molecule has 0 spiro atoms. The highest BCUT2D eigenvalue weighted by atomic mass is 32.2. The number of nitrogens with zero attached hydrogens (tertiary/aromatic N) is 2. The molecule has 3 rings (SSSR count). The van der Waals surface area contributed by atoms with Crippen LogP contribution in [-0.2, 0) is 4.79 Å². The zero-order valence-electron chi connectivity index (χ0n) is 18.1. The van der Waals surface area contributed by atoms with E-state index in [9.17, 15) is 14.9 Å². The van der Waals surface area contributed by atoms with E-state index in [-0.39, 0.29) is 18.2 Å². The number of likely N-dealkylation sites (N-methyl/N-ethyl adjacent to an activating group) is 1. The first-order chi connectivity index (χ1) is 15.3. The number of amides is 1. The Balaban J connectivity index is 1.68. The summed E-state index contributed by atoms with van der Waals surface area (Å²) < 4.78 is 12.0. The third kappa shape index (κ3) is 5.66. The second-order valence-corrected chi connectivity index (χ2v) is 8.97. The predicted molar refractivity (Wildman–Crippen MR) is 130 cm³/mol. The van der Waals surface area contributed by atoms with Gasteiger partial charge in [0.05, 0.1) is 9.83 Å². The van der Waals surface area contributed by atoms with Gasteiger partial charge in [-0.2, -0.15) is 0 Å². The van der Waals surface area contributed by atoms with Crippen LogP contribution in [-0.4, -0.2) is 40.3 Å². The molecule has 168 valence electrons. The molecule has 0 radical (unpaired) electrons. The number of carbonyl (C=O) groups excluding carboxylic acids is 1. The molecule has 1 saturated heterocycles. The van der Waals surface area contributed by atoms with E-state index >= 15 is 0 Å². The Labute approximate surface area is 196 Å². The Morgan fingerprint density at radius 2 is 1.88 bits per heavy atom. The molecule has 1 atom stereocenters. The number of rotatable bonds is 9. The van der Waals surface area contributed by atoms with Crippen molar-refractivity contribution >= 4 is 46.0 Å². The molecule has 1 unspecified atom stereocenters. The van der Waals surface area contributed by atoms with Crippen molar-refractivity contribution in [2.75, 3.05) is 20.3 Å². The summed E-state index contributed by atoms with van der Waals surface area (Å²) in [4.78, 5) is 24.8. The van der Waals surface area contributed by atoms with Gasteiger partial charge in [0.25, 0.3) is 11.6 Å². The lowest BCUT2D eigenvalue weighted by Gasteiger charge is -2.12. The van der Waals surface area contributed by atoms with Crippen molar-refractivity contribution < 1.29 is 19.2 Å². The van der Waals surface area contributed by atoms with Crippen LogP contribution in [0.2, 0.25) is 0 Å². The monoisotopic (exact) mass is 472 g/mol. The first-order valence-corrected chi connectivity index (χ1v) is 11.4. The molecule has 0 aromatic heterocycles. The summed E-state index contributed by atoms with van der Waals surface area (Å²) in [5.74, 6) is 1.42. The van der Waals surface area contributed by atoms with Crippen LogP contribution in [0.3, 0.4) is 0 Å². The molecule has 32 heavy (non-hydrogen) atoms. The zero-order valence-corrected chi connectivity index (χ0v) is 19.7. The number of nitro groups is 1. The Kier molecular flexibility index (Phi) is 7.87. The van der Waals surface area contributed by atoms with Crippen molar-refractivity contribution in [2.45, 2.75) is 26.2 Å². The lowest BCUT2D eigenvalue weighted by molar-refractivity contribution is -0.384. The minimum absolute atomic E-state index is 0.0896. The van der Waals surface area contributed by atoms with Crippen molar-refractivity contribution in [1.29, 1.82) is 0 Å². The molecular formula is C23H24N2O5S2. The summed E-state index contributed by atoms with van der Waals surface area (Å²) in [5.41, 5.74) is 1.61. The van der Waals surface area contributed by atoms with Crippen molar-refractivity contribution in [3.8, 4) is 11.5 Å². The highest BCUT2D eigenvalue weighted by Crippen LogP contribution is 2.34. The Hall–Kier alpha value is -2.91. The van der Waals surface area contributed by atoms with Gasteiger partial charge in [-0.15, -0.1) is 0 Å². The number of hydrogen-bond donors (Lipinski definition) is 0. The van der Waals surface area contributed by atoms with E-state index in [2.05, 4.69) is 26.0 Å². The van der Waals surface area contributed by atoms with E-state index in [0.717, 1.165) is 23.9 Å². The van der Waals surface area contributed by atoms with Crippen LogP contribution >= 0.6 is 24.0 Å². The third-order valence-corrected chi connectivity index (χ3v) is 6.63. The fourth-order valence-electron chi connectivity index (χ4n) is 3.02. The maximum Gasteiger partial charge on any atom is 0.270 e. The highest BCUT2D eigenvalue weighted by molar-refractivity contribution is 8.26. The average Bonchev–Trinajstić information content (AvgIpc) is 3.03. The smallest absolute Gasteiger partial charge is 0.270 e. The molecule has 9 heteroatoms. The maximum absolute atomic E-state index is 12.3. The van der Waals surface area contributed by atoms with E-state index < -0.39 is 4.92 Å². The van der Waals surface area contributed by atoms with Crippen LogP contribution in [0.15, 0.2) is 47.4 Å². The largest absolute Gasteiger partial charge is 0.490 e. The van der Waals surface area contributed by atoms with Crippen LogP contribution in [0.4, 0.5) is 5.69 Å². The number of thioether (sulfide) groups is 1. The van der Waals surface area contributed by atoms with Gasteiger partial charge in [0.15, 0.2) is 0 Å². The first kappa shape index (κ1) is 23.7. The predicted octanol–water partition coefficient (Wildman–Crippen LogP) is 5.40. The summed E-state index contributed by atoms with van der Waals surface area (Å²) >= 11 is 6.29. The summed E-state index contributed by atoms with van der Waals surface area (Å²) in [6.45, 7) is 4.88. The Morgan fingerprint density at radius 3 is 2.47 bits per heavy atom. The normalized spacial score (nSPS) is 15.8. The molecule has 0 N–H and O–H groups in total. The minimum Gasteiger partial charge on any atom is -0.490 e. The first-order valence-electron chi connectivity index (χ1n) is 10.2. The number of nitro benzene ring substituents is 1. The van der Waals surface area contributed by atoms with E-state index in [0.29, 0.717) is 33.1 Å². The molecule has 1 fully saturated rings. The summed E-state index contributed by atoms with van der Waals surface area (Å²) in [5, 5.41) is 11.2. The molecule has 1 aliphatic heterocycles. The molecule has 7 nitrogen and oxygen atoms in total. The van der Waals surface area contributed by atoms with Crippen molar-refractivity contribution in [3.05, 3.63) is 68.6 Å². The van der Waals surface area contributed by atoms with Gasteiger partial charge in [0.2, 0.25) is 0 Å². The maximum atomic E-state index is 12.3. The number of thiocarbonyl (C=S) groups is 1. The zero-order chi connectivity index (χ0) is 23.3. The summed E-state index contributed by atoms with van der Waals surface area (Å²) in [6.07, 6.45) is 2.65. The minimum atomic E-state index is -0.488. The lowest BCUT2D eigenvalue weighted by atomic mass is 9.99. The van der Waals surface area contributed by atoms with E-state index in [4.69, 9.17) is 21.7 Å². The summed E-state index contributed by atoms with van der Waals surface area (Å²) in [7, 11) is 1.59. The van der Waals surface area contributed by atoms with Crippen molar-refractivity contribution in [3.63, 3.8) is 0 Å². The Morgan fingerprint density at radius 1 is 1.19 bits per heavy atom. The average molecular weight is 473 g/mol. The number of benzene rings is 2. The molecule has 1 heterocycles. The van der Waals surface area contributed by atoms with Gasteiger partial charge in [-0.25, -0.2) is 0 Å². The Bertz CT molecular complexity index is 1050. The lowest BCUT2D eigenvalue weighted by Crippen LogP contribution is -2.22. The van der Waals surface area contributed by atoms with Crippen LogP contribution in [0.1, 0.15) is 37.3 Å². The van der Waals surface area contributed by atoms with Crippen molar-refractivity contribution in [2.24, 2.45) is 0 Å². The fourth-order valence-corrected chi connectivity index (χ4v) is 4.19. The molecule has 0 saturated carbocycles. The van der Waals surface area contributed by atoms with Crippen LogP contribution in [0.25, 0.3) is 6.08 Å². The second kappa shape index (κ2) is 10.6. The molecule has 1 aliphatic rings. The quantitative estimate of drug-likeness (QED) is 0.159. The van der Waals surface area contributed by atoms with Gasteiger partial charge in [0.1, 0.15) is 29.0 Å². The number of carbonyl (C=O) groups is 1. The highest BCUT2D eigenvalue weighted by Gasteiger charge is 2.29. The third-order valence-electron chi connectivity index (χ3n) is 5.15. The number of non-ortho nitro benzene ring substituents is 1. The molecule has 1 amide bonds. The molecule has 0 aliphatic carbocycles. The molecule has 0 bridgehead atoms. The number of ether oxygens (including phenoxy) is 2. The number of hydrogen-bond acceptors (Lipinski definition) is 7. The van der Waals surface area contributed by atoms with Gasteiger partial charge in [-0.05, 0) is 42.2 Å². The summed E-state index contributed by atoms with van der Waals surface area (Å²) in [6, 6.07) is 12.3. The standard InChI is InChI=1S/C23H24N2O5S2/c1-4-15(2)16-5-8-19(9-6-16)29-11-12-30-20-10-7-18(25(27)28)13-17(20)14-21-22(26)24(3)23(31)32-21/h5-10,13-15H,4,11-12H2,1-3H3/b21-14-. The SMILES string of the molecule is CCC(C)c1ccc(OCCOc2ccc([N+](=O)[O-])cc2/C=C2\SC(=S)N(C)C2=O)cc1. The van der Waals surface area contributed by atoms with E-state index in [1.807, 2.05) is 12.1 Å². The van der Waals surface area contributed by atoms with Gasteiger partial charge in [-0.3, -0.25) is 19.8 Å². The van der Waals surface area contributed by atoms with E-state index in [1.54, 1.807) is 13.1 Å². The topological polar surface area (TPSA) is 81.9 Å². The van der Waals surface area contributed by atoms with Crippen molar-refractivity contribution in [1.82, 2.24) is 4.90 Å². The van der Waals surface area contributed by atoms with Crippen LogP contribution in [0.5, 0.6) is 11.5 Å². The second-order valence-electron chi connectivity index (χ2n) is 7.30. The molecule has 2 aromatic carbocycles. The molecule has 2 aromatic rings. The van der Waals surface area contributed by atoms with Gasteiger partial charge in [0, 0.05) is 24.7 Å².